The number of carbonyl (C=O) groups is 1. The van der Waals surface area contributed by atoms with Crippen molar-refractivity contribution in [2.45, 2.75) is 43.5 Å². The molecule has 0 saturated heterocycles. The third-order valence-corrected chi connectivity index (χ3v) is 6.76. The Morgan fingerprint density at radius 3 is 2.67 bits per heavy atom. The molecule has 5 nitrogen and oxygen atoms in total. The first-order chi connectivity index (χ1) is 15.6. The molecule has 1 fully saturated rings. The van der Waals surface area contributed by atoms with Crippen LogP contribution in [-0.2, 0) is 12.3 Å². The summed E-state index contributed by atoms with van der Waals surface area (Å²) in [6.07, 6.45) is -0.519. The Kier molecular flexibility index (Phi) is 6.44. The van der Waals surface area contributed by atoms with Crippen molar-refractivity contribution in [1.29, 1.82) is 0 Å². The molecule has 2 aromatic carbocycles. The van der Waals surface area contributed by atoms with E-state index in [4.69, 9.17) is 21.4 Å². The normalized spacial score (nSPS) is 25.8. The fraction of sp³-hybridized carbons (Fsp3) is 0.375. The fourth-order valence-corrected chi connectivity index (χ4v) is 4.95. The van der Waals surface area contributed by atoms with E-state index in [-0.39, 0.29) is 23.1 Å². The molecule has 2 aliphatic rings. The van der Waals surface area contributed by atoms with Crippen LogP contribution in [0.15, 0.2) is 48.6 Å². The van der Waals surface area contributed by atoms with E-state index >= 15 is 0 Å². The number of aliphatic hydroxyl groups excluding tert-OH is 2. The Morgan fingerprint density at radius 2 is 1.97 bits per heavy atom. The van der Waals surface area contributed by atoms with Crippen LogP contribution in [-0.4, -0.2) is 39.6 Å². The van der Waals surface area contributed by atoms with E-state index in [0.29, 0.717) is 18.4 Å². The number of hydrogen-bond donors (Lipinski definition) is 3. The van der Waals surface area contributed by atoms with Crippen LogP contribution in [0.4, 0.5) is 13.2 Å². The summed E-state index contributed by atoms with van der Waals surface area (Å²) in [5.41, 5.74) is -0.506. The predicted octanol–water partition coefficient (Wildman–Crippen LogP) is 4.58. The highest BCUT2D eigenvalue weighted by atomic mass is 35.5. The van der Waals surface area contributed by atoms with Crippen molar-refractivity contribution in [3.8, 4) is 5.75 Å². The highest BCUT2D eigenvalue weighted by Crippen LogP contribution is 2.44. The molecule has 3 N–H and O–H groups in total. The van der Waals surface area contributed by atoms with Crippen molar-refractivity contribution >= 4 is 17.6 Å². The van der Waals surface area contributed by atoms with E-state index in [1.165, 1.54) is 36.4 Å². The van der Waals surface area contributed by atoms with Gasteiger partial charge in [-0.3, -0.25) is 0 Å². The summed E-state index contributed by atoms with van der Waals surface area (Å²) in [5, 5.41) is 29.7. The van der Waals surface area contributed by atoms with Gasteiger partial charge in [-0.25, -0.2) is 9.18 Å². The van der Waals surface area contributed by atoms with Gasteiger partial charge in [0.25, 0.3) is 0 Å². The standard InChI is InChI=1S/C24H22ClF3O5/c25-17-4-2-1-3-16(17)24(27,28)20(30)10-9-13-14-7-5-12-6-8-15(23(31)32)21(26)22(12)33-19(14)11-18(13)29/h1-4,6,8-10,13-14,18-20,29-30H,5,7,11H2,(H,31,32)/b10-9+/t13-,14-,18-,19+,20?/m1/s1. The van der Waals surface area contributed by atoms with E-state index in [1.807, 2.05) is 0 Å². The van der Waals surface area contributed by atoms with Gasteiger partial charge in [0.15, 0.2) is 11.6 Å². The van der Waals surface area contributed by atoms with Gasteiger partial charge in [-0.05, 0) is 30.5 Å². The maximum Gasteiger partial charge on any atom is 0.338 e. The molecular formula is C24H22ClF3O5. The molecule has 0 spiro atoms. The zero-order valence-electron chi connectivity index (χ0n) is 17.3. The molecule has 1 aliphatic heterocycles. The van der Waals surface area contributed by atoms with Crippen molar-refractivity contribution in [1.82, 2.24) is 0 Å². The van der Waals surface area contributed by atoms with Crippen molar-refractivity contribution in [3.63, 3.8) is 0 Å². The molecule has 0 bridgehead atoms. The van der Waals surface area contributed by atoms with Crippen molar-refractivity contribution in [2.24, 2.45) is 11.8 Å². The Morgan fingerprint density at radius 1 is 1.24 bits per heavy atom. The number of aryl methyl sites for hydroxylation is 1. The Hall–Kier alpha value is -2.55. The van der Waals surface area contributed by atoms with E-state index in [0.717, 1.165) is 12.1 Å². The number of rotatable bonds is 5. The lowest BCUT2D eigenvalue weighted by atomic mass is 9.87. The lowest BCUT2D eigenvalue weighted by Crippen LogP contribution is -2.30. The summed E-state index contributed by atoms with van der Waals surface area (Å²) >= 11 is 5.86. The maximum atomic E-state index is 14.7. The zero-order valence-corrected chi connectivity index (χ0v) is 18.1. The molecule has 176 valence electrons. The number of carboxylic acid groups (broad SMARTS) is 1. The van der Waals surface area contributed by atoms with Crippen molar-refractivity contribution in [2.75, 3.05) is 0 Å². The van der Waals surface area contributed by atoms with Gasteiger partial charge in [0.05, 0.1) is 11.7 Å². The van der Waals surface area contributed by atoms with E-state index in [1.54, 1.807) is 0 Å². The fourth-order valence-electron chi connectivity index (χ4n) is 4.69. The molecule has 4 rings (SSSR count). The minimum Gasteiger partial charge on any atom is -0.487 e. The number of carboxylic acids is 1. The Bertz CT molecular complexity index is 1090. The number of fused-ring (bicyclic) bond motifs is 2. The molecule has 0 radical (unpaired) electrons. The van der Waals surface area contributed by atoms with Crippen molar-refractivity contribution < 1.29 is 38.0 Å². The molecular weight excluding hydrogens is 461 g/mol. The first-order valence-electron chi connectivity index (χ1n) is 10.5. The number of aliphatic hydroxyl groups is 2. The minimum atomic E-state index is -3.65. The third kappa shape index (κ3) is 4.35. The monoisotopic (exact) mass is 482 g/mol. The van der Waals surface area contributed by atoms with Gasteiger partial charge >= 0.3 is 11.9 Å². The number of benzene rings is 2. The predicted molar refractivity (Wildman–Crippen MR) is 114 cm³/mol. The number of alkyl halides is 2. The van der Waals surface area contributed by atoms with Crippen LogP contribution in [0.25, 0.3) is 0 Å². The summed E-state index contributed by atoms with van der Waals surface area (Å²) in [7, 11) is 0. The van der Waals surface area contributed by atoms with Gasteiger partial charge in [0, 0.05) is 28.8 Å². The van der Waals surface area contributed by atoms with E-state index in [2.05, 4.69) is 0 Å². The van der Waals surface area contributed by atoms with Crippen LogP contribution in [0.1, 0.15) is 34.3 Å². The molecule has 2 aromatic rings. The molecule has 0 aromatic heterocycles. The summed E-state index contributed by atoms with van der Waals surface area (Å²) in [6, 6.07) is 8.02. The molecule has 1 heterocycles. The second kappa shape index (κ2) is 9.00. The molecule has 1 aliphatic carbocycles. The smallest absolute Gasteiger partial charge is 0.338 e. The van der Waals surface area contributed by atoms with Gasteiger partial charge in [-0.2, -0.15) is 8.78 Å². The van der Waals surface area contributed by atoms with E-state index < -0.39 is 53.1 Å². The molecule has 5 atom stereocenters. The van der Waals surface area contributed by atoms with Crippen LogP contribution >= 0.6 is 11.6 Å². The summed E-state index contributed by atoms with van der Waals surface area (Å²) in [5.74, 6) is -7.13. The molecule has 1 saturated carbocycles. The minimum absolute atomic E-state index is 0.118. The van der Waals surface area contributed by atoms with Crippen LogP contribution in [0.3, 0.4) is 0 Å². The summed E-state index contributed by atoms with van der Waals surface area (Å²) < 4.78 is 50.0. The molecule has 33 heavy (non-hydrogen) atoms. The number of ether oxygens (including phenoxy) is 1. The van der Waals surface area contributed by atoms with E-state index in [9.17, 15) is 28.2 Å². The maximum absolute atomic E-state index is 14.7. The van der Waals surface area contributed by atoms with Crippen molar-refractivity contribution in [3.05, 3.63) is 76.1 Å². The molecule has 1 unspecified atom stereocenters. The Labute approximate surface area is 193 Å². The summed E-state index contributed by atoms with van der Waals surface area (Å²) in [6.45, 7) is 0. The van der Waals surface area contributed by atoms with Gasteiger partial charge in [-0.1, -0.05) is 48.0 Å². The Balaban J connectivity index is 1.55. The average molecular weight is 483 g/mol. The van der Waals surface area contributed by atoms with Crippen LogP contribution < -0.4 is 4.74 Å². The zero-order chi connectivity index (χ0) is 23.9. The summed E-state index contributed by atoms with van der Waals surface area (Å²) in [4.78, 5) is 11.2. The lowest BCUT2D eigenvalue weighted by Gasteiger charge is -2.24. The third-order valence-electron chi connectivity index (χ3n) is 6.44. The van der Waals surface area contributed by atoms with Gasteiger partial charge in [-0.15, -0.1) is 0 Å². The van der Waals surface area contributed by atoms with Gasteiger partial charge in [0.1, 0.15) is 12.2 Å². The van der Waals surface area contributed by atoms with Crippen LogP contribution in [0.5, 0.6) is 5.75 Å². The molecule has 0 amide bonds. The number of halogens is 4. The van der Waals surface area contributed by atoms with Gasteiger partial charge < -0.3 is 20.1 Å². The average Bonchev–Trinajstić information content (AvgIpc) is 2.93. The lowest BCUT2D eigenvalue weighted by molar-refractivity contribution is -0.0929. The number of aromatic carboxylic acids is 1. The number of hydrogen-bond acceptors (Lipinski definition) is 4. The van der Waals surface area contributed by atoms with Crippen LogP contribution in [0, 0.1) is 17.7 Å². The quantitative estimate of drug-likeness (QED) is 0.543. The highest BCUT2D eigenvalue weighted by Gasteiger charge is 2.46. The topological polar surface area (TPSA) is 87.0 Å². The molecule has 9 heteroatoms. The SMILES string of the molecule is O=C(O)c1ccc2c(c1F)O[C@H]1C[C@@H](O)[C@H](/C=C/C(O)C(F)(F)c3ccccc3Cl)[C@H]1CC2. The first-order valence-corrected chi connectivity index (χ1v) is 10.9. The second-order valence-corrected chi connectivity index (χ2v) is 8.80. The first kappa shape index (κ1) is 23.6. The largest absolute Gasteiger partial charge is 0.487 e. The highest BCUT2D eigenvalue weighted by molar-refractivity contribution is 6.31. The van der Waals surface area contributed by atoms with Gasteiger partial charge in [0.2, 0.25) is 0 Å². The second-order valence-electron chi connectivity index (χ2n) is 8.39. The van der Waals surface area contributed by atoms with Crippen LogP contribution in [0.2, 0.25) is 5.02 Å².